The van der Waals surface area contributed by atoms with Gasteiger partial charge in [-0.3, -0.25) is 4.79 Å². The summed E-state index contributed by atoms with van der Waals surface area (Å²) in [4.78, 5) is 16.6. The molecule has 29 heavy (non-hydrogen) atoms. The zero-order valence-electron chi connectivity index (χ0n) is 16.3. The first kappa shape index (κ1) is 20.4. The van der Waals surface area contributed by atoms with Gasteiger partial charge in [-0.1, -0.05) is 54.2 Å². The molecule has 0 aliphatic rings. The molecule has 0 saturated carbocycles. The molecule has 1 N–H and O–H groups in total. The molecule has 0 fully saturated rings. The summed E-state index contributed by atoms with van der Waals surface area (Å²) in [5.41, 5.74) is 4.30. The second-order valence-electron chi connectivity index (χ2n) is 6.55. The van der Waals surface area contributed by atoms with Crippen molar-refractivity contribution in [2.45, 2.75) is 24.1 Å². The van der Waals surface area contributed by atoms with Crippen molar-refractivity contribution in [2.75, 3.05) is 7.11 Å². The molecule has 0 bridgehead atoms. The largest absolute Gasteiger partial charge is 0.496 e. The number of nitriles is 1. The van der Waals surface area contributed by atoms with Gasteiger partial charge in [-0.05, 0) is 42.7 Å². The summed E-state index contributed by atoms with van der Waals surface area (Å²) in [5.74, 6) is -0.236. The molecule has 146 valence electrons. The summed E-state index contributed by atoms with van der Waals surface area (Å²) >= 11 is 1.07. The van der Waals surface area contributed by atoms with Gasteiger partial charge in [0.15, 0.2) is 0 Å². The first-order valence-corrected chi connectivity index (χ1v) is 9.83. The van der Waals surface area contributed by atoms with Gasteiger partial charge in [0.2, 0.25) is 0 Å². The van der Waals surface area contributed by atoms with Crippen molar-refractivity contribution >= 4 is 17.7 Å². The van der Waals surface area contributed by atoms with Gasteiger partial charge in [-0.2, -0.15) is 5.26 Å². The Kier molecular flexibility index (Phi) is 6.20. The molecule has 1 aromatic heterocycles. The fraction of sp³-hybridized carbons (Fsp3) is 0.174. The smallest absolute Gasteiger partial charge is 0.321 e. The van der Waals surface area contributed by atoms with Crippen molar-refractivity contribution in [3.8, 4) is 23.1 Å². The van der Waals surface area contributed by atoms with E-state index in [4.69, 9.17) is 4.74 Å². The van der Waals surface area contributed by atoms with Gasteiger partial charge in [-0.25, -0.2) is 4.98 Å². The van der Waals surface area contributed by atoms with Crippen LogP contribution in [0, 0.1) is 25.2 Å². The van der Waals surface area contributed by atoms with Gasteiger partial charge in [0.1, 0.15) is 22.1 Å². The minimum absolute atomic E-state index is 0.389. The number of rotatable bonds is 6. The van der Waals surface area contributed by atoms with Crippen molar-refractivity contribution in [2.24, 2.45) is 0 Å². The molecule has 1 unspecified atom stereocenters. The average molecular weight is 404 g/mol. The predicted octanol–water partition coefficient (Wildman–Crippen LogP) is 5.16. The average Bonchev–Trinajstić information content (AvgIpc) is 2.72. The van der Waals surface area contributed by atoms with Crippen LogP contribution in [0.15, 0.2) is 59.6 Å². The molecule has 6 heteroatoms. The fourth-order valence-corrected chi connectivity index (χ4v) is 4.09. The summed E-state index contributed by atoms with van der Waals surface area (Å²) in [6.45, 7) is 3.79. The summed E-state index contributed by atoms with van der Waals surface area (Å²) in [6, 6.07) is 18.7. The molecular formula is C23H20N2O3S. The van der Waals surface area contributed by atoms with E-state index >= 15 is 0 Å². The topological polar surface area (TPSA) is 83.2 Å². The van der Waals surface area contributed by atoms with Crippen LogP contribution in [0.25, 0.3) is 11.3 Å². The predicted molar refractivity (Wildman–Crippen MR) is 113 cm³/mol. The van der Waals surface area contributed by atoms with Crippen LogP contribution in [0.4, 0.5) is 0 Å². The number of hydrogen-bond donors (Lipinski definition) is 1. The summed E-state index contributed by atoms with van der Waals surface area (Å²) in [6.07, 6.45) is 0. The molecule has 3 rings (SSSR count). The third-order valence-electron chi connectivity index (χ3n) is 4.56. The molecule has 0 amide bonds. The second kappa shape index (κ2) is 8.80. The number of aliphatic carboxylic acids is 1. The lowest BCUT2D eigenvalue weighted by Gasteiger charge is -2.15. The van der Waals surface area contributed by atoms with Crippen molar-refractivity contribution in [3.05, 3.63) is 76.9 Å². The van der Waals surface area contributed by atoms with Crippen LogP contribution < -0.4 is 4.74 Å². The third-order valence-corrected chi connectivity index (χ3v) is 5.78. The van der Waals surface area contributed by atoms with Gasteiger partial charge in [-0.15, -0.1) is 0 Å². The first-order valence-electron chi connectivity index (χ1n) is 8.95. The van der Waals surface area contributed by atoms with Crippen LogP contribution in [0.1, 0.15) is 27.5 Å². The Bertz CT molecular complexity index is 1090. The molecular weight excluding hydrogens is 384 g/mol. The van der Waals surface area contributed by atoms with Crippen LogP contribution in [-0.4, -0.2) is 23.2 Å². The Morgan fingerprint density at radius 2 is 1.86 bits per heavy atom. The van der Waals surface area contributed by atoms with E-state index in [1.165, 1.54) is 0 Å². The molecule has 1 atom stereocenters. The minimum Gasteiger partial charge on any atom is -0.496 e. The van der Waals surface area contributed by atoms with Crippen molar-refractivity contribution < 1.29 is 14.6 Å². The lowest BCUT2D eigenvalue weighted by molar-refractivity contribution is -0.136. The number of aryl methyl sites for hydroxylation is 2. The van der Waals surface area contributed by atoms with E-state index in [1.807, 2.05) is 44.2 Å². The molecule has 0 saturated heterocycles. The maximum absolute atomic E-state index is 11.9. The van der Waals surface area contributed by atoms with E-state index in [0.29, 0.717) is 21.8 Å². The monoisotopic (exact) mass is 404 g/mol. The Labute approximate surface area is 174 Å². The zero-order valence-corrected chi connectivity index (χ0v) is 17.2. The number of aromatic nitrogens is 1. The normalized spacial score (nSPS) is 11.5. The Hall–Kier alpha value is -3.30. The van der Waals surface area contributed by atoms with Gasteiger partial charge >= 0.3 is 5.97 Å². The molecule has 2 aromatic carbocycles. The Balaban J connectivity index is 2.09. The van der Waals surface area contributed by atoms with Crippen molar-refractivity contribution in [1.29, 1.82) is 5.26 Å². The highest BCUT2D eigenvalue weighted by Crippen LogP contribution is 2.38. The van der Waals surface area contributed by atoms with Gasteiger partial charge in [0.05, 0.1) is 18.4 Å². The number of methoxy groups -OCH3 is 1. The summed E-state index contributed by atoms with van der Waals surface area (Å²) < 4.78 is 5.40. The van der Waals surface area contributed by atoms with E-state index in [-0.39, 0.29) is 0 Å². The number of hydrogen-bond acceptors (Lipinski definition) is 5. The number of carboxylic acid groups (broad SMARTS) is 1. The highest BCUT2D eigenvalue weighted by molar-refractivity contribution is 8.00. The van der Waals surface area contributed by atoms with Gasteiger partial charge < -0.3 is 9.84 Å². The number of carbonyl (C=O) groups is 1. The van der Waals surface area contributed by atoms with Crippen LogP contribution in [0.3, 0.4) is 0 Å². The molecule has 0 aliphatic heterocycles. The summed E-state index contributed by atoms with van der Waals surface area (Å²) in [5, 5.41) is 18.9. The van der Waals surface area contributed by atoms with Crippen LogP contribution in [0.2, 0.25) is 0 Å². The number of thioether (sulfide) groups is 1. The molecule has 0 aliphatic carbocycles. The maximum Gasteiger partial charge on any atom is 0.321 e. The van der Waals surface area contributed by atoms with E-state index < -0.39 is 11.2 Å². The SMILES string of the molecule is COc1cc(-c2cc(C)c(C#N)c(SC(C(=O)O)c3ccccc3)n2)ccc1C. The van der Waals surface area contributed by atoms with Crippen molar-refractivity contribution in [3.63, 3.8) is 0 Å². The number of pyridine rings is 1. The number of nitrogens with zero attached hydrogens (tertiary/aromatic N) is 2. The first-order chi connectivity index (χ1) is 13.9. The molecule has 5 nitrogen and oxygen atoms in total. The van der Waals surface area contributed by atoms with Gasteiger partial charge in [0.25, 0.3) is 0 Å². The number of benzene rings is 2. The van der Waals surface area contributed by atoms with E-state index in [0.717, 1.165) is 34.2 Å². The lowest BCUT2D eigenvalue weighted by Crippen LogP contribution is -2.09. The number of carboxylic acids is 1. The number of ether oxygens (including phenoxy) is 1. The molecule has 0 radical (unpaired) electrons. The Morgan fingerprint density at radius 3 is 2.48 bits per heavy atom. The quantitative estimate of drug-likeness (QED) is 0.571. The van der Waals surface area contributed by atoms with Crippen LogP contribution in [0.5, 0.6) is 5.75 Å². The van der Waals surface area contributed by atoms with Crippen LogP contribution in [-0.2, 0) is 4.79 Å². The Morgan fingerprint density at radius 1 is 1.14 bits per heavy atom. The standard InChI is InChI=1S/C23H20N2O3S/c1-14-9-10-17(12-20(14)28-3)19-11-15(2)18(13-24)22(25-19)29-21(23(26)27)16-7-5-4-6-8-16/h4-12,21H,1-3H3,(H,26,27). The second-order valence-corrected chi connectivity index (χ2v) is 7.64. The summed E-state index contributed by atoms with van der Waals surface area (Å²) in [7, 11) is 1.61. The van der Waals surface area contributed by atoms with E-state index in [9.17, 15) is 15.2 Å². The highest BCUT2D eigenvalue weighted by atomic mass is 32.2. The lowest BCUT2D eigenvalue weighted by atomic mass is 10.0. The van der Waals surface area contributed by atoms with Crippen LogP contribution >= 0.6 is 11.8 Å². The van der Waals surface area contributed by atoms with E-state index in [1.54, 1.807) is 31.4 Å². The maximum atomic E-state index is 11.9. The minimum atomic E-state index is -0.980. The fourth-order valence-electron chi connectivity index (χ4n) is 2.99. The zero-order chi connectivity index (χ0) is 21.0. The molecule has 3 aromatic rings. The van der Waals surface area contributed by atoms with E-state index in [2.05, 4.69) is 11.1 Å². The molecule has 1 heterocycles. The third kappa shape index (κ3) is 4.41. The van der Waals surface area contributed by atoms with Crippen molar-refractivity contribution in [1.82, 2.24) is 4.98 Å². The molecule has 0 spiro atoms. The highest BCUT2D eigenvalue weighted by Gasteiger charge is 2.24. The van der Waals surface area contributed by atoms with Gasteiger partial charge in [0, 0.05) is 5.56 Å².